The Morgan fingerprint density at radius 3 is 1.92 bits per heavy atom. The first-order valence-corrected chi connectivity index (χ1v) is 6.54. The largest absolute Gasteiger partial charge is 0.293 e. The first kappa shape index (κ1) is 12.5. The predicted molar refractivity (Wildman–Crippen MR) is 61.0 cm³/mol. The van der Waals surface area contributed by atoms with Gasteiger partial charge in [0, 0.05) is 9.52 Å². The van der Waals surface area contributed by atoms with Crippen LogP contribution >= 0.6 is 11.6 Å². The summed E-state index contributed by atoms with van der Waals surface area (Å²) in [6.07, 6.45) is 0. The van der Waals surface area contributed by atoms with E-state index < -0.39 is 0 Å². The van der Waals surface area contributed by atoms with Crippen LogP contribution in [-0.2, 0) is 0 Å². The molecule has 1 unspecified atom stereocenters. The minimum absolute atomic E-state index is 0.0898. The Morgan fingerprint density at radius 2 is 1.67 bits per heavy atom. The number of hydrogen-bond donors (Lipinski definition) is 0. The molecule has 74 valence electrons. The van der Waals surface area contributed by atoms with Crippen LogP contribution in [0.3, 0.4) is 0 Å². The number of halogens is 1. The Hall–Kier alpha value is 0.467. The van der Waals surface area contributed by atoms with Crippen molar-refractivity contribution in [3.05, 3.63) is 0 Å². The summed E-state index contributed by atoms with van der Waals surface area (Å²) in [5.74, 6) is 0. The van der Waals surface area contributed by atoms with Crippen LogP contribution in [-0.4, -0.2) is 34.0 Å². The molecule has 0 aromatic heterocycles. The zero-order chi connectivity index (χ0) is 9.94. The molecule has 0 rings (SSSR count). The Labute approximate surface area is 84.3 Å². The molecule has 0 aliphatic heterocycles. The third-order valence-electron chi connectivity index (χ3n) is 2.03. The molecular weight excluding hydrogens is 186 g/mol. The Bertz CT molecular complexity index is 134. The second-order valence-corrected chi connectivity index (χ2v) is 9.16. The molecule has 1 nitrogen and oxygen atoms in total. The molecule has 0 saturated carbocycles. The molecule has 1 atom stereocenters. The number of rotatable bonds is 4. The summed E-state index contributed by atoms with van der Waals surface area (Å²) in [5.41, 5.74) is 1.03. The van der Waals surface area contributed by atoms with E-state index >= 15 is 0 Å². The Morgan fingerprint density at radius 1 is 1.25 bits per heavy atom. The van der Waals surface area contributed by atoms with Gasteiger partial charge in [-0.1, -0.05) is 33.2 Å². The summed E-state index contributed by atoms with van der Waals surface area (Å²) in [7, 11) is 4.01. The van der Waals surface area contributed by atoms with Crippen LogP contribution in [0, 0.1) is 0 Å². The molecule has 0 fully saturated rings. The van der Waals surface area contributed by atoms with Gasteiger partial charge in [0.25, 0.3) is 0 Å². The number of hydrogen-bond acceptors (Lipinski definition) is 1. The number of nitrogens with zero attached hydrogens (tertiary/aromatic N) is 1. The maximum atomic E-state index is 6.31. The van der Waals surface area contributed by atoms with Crippen LogP contribution in [0.1, 0.15) is 27.7 Å². The third-order valence-corrected chi connectivity index (χ3v) is 5.53. The lowest BCUT2D eigenvalue weighted by Crippen LogP contribution is -2.36. The molecule has 0 amide bonds. The smallest absolute Gasteiger partial charge is 0.0867 e. The van der Waals surface area contributed by atoms with E-state index in [0.29, 0.717) is 5.04 Å². The van der Waals surface area contributed by atoms with Gasteiger partial charge in [-0.15, -0.1) is 11.6 Å². The fourth-order valence-electron chi connectivity index (χ4n) is 1.85. The van der Waals surface area contributed by atoms with Crippen LogP contribution in [0.15, 0.2) is 0 Å². The van der Waals surface area contributed by atoms with Gasteiger partial charge in [-0.2, -0.15) is 0 Å². The predicted octanol–water partition coefficient (Wildman–Crippen LogP) is 2.31. The standard InChI is InChI=1S/C9H22ClNSi/c1-7(2)12-9(3,4)8(10)11(5)6/h7-8H,12H2,1-6H3. The molecular formula is C9H22ClNSi. The molecule has 0 heterocycles. The molecule has 0 aromatic carbocycles. The molecule has 0 aromatic rings. The van der Waals surface area contributed by atoms with E-state index in [1.807, 2.05) is 14.1 Å². The minimum atomic E-state index is -0.0898. The van der Waals surface area contributed by atoms with Crippen molar-refractivity contribution in [2.24, 2.45) is 0 Å². The van der Waals surface area contributed by atoms with Gasteiger partial charge in [-0.3, -0.25) is 4.90 Å². The Kier molecular flexibility index (Phi) is 4.81. The Balaban J connectivity index is 4.18. The van der Waals surface area contributed by atoms with Gasteiger partial charge >= 0.3 is 0 Å². The van der Waals surface area contributed by atoms with Crippen molar-refractivity contribution in [1.29, 1.82) is 0 Å². The maximum absolute atomic E-state index is 6.31. The van der Waals surface area contributed by atoms with E-state index in [0.717, 1.165) is 5.54 Å². The van der Waals surface area contributed by atoms with Crippen molar-refractivity contribution in [2.75, 3.05) is 14.1 Å². The van der Waals surface area contributed by atoms with Crippen LogP contribution in [0.5, 0.6) is 0 Å². The van der Waals surface area contributed by atoms with Crippen LogP contribution < -0.4 is 0 Å². The van der Waals surface area contributed by atoms with E-state index in [-0.39, 0.29) is 15.0 Å². The summed E-state index contributed by atoms with van der Waals surface area (Å²) in [5, 5.41) is 0.333. The monoisotopic (exact) mass is 207 g/mol. The van der Waals surface area contributed by atoms with E-state index in [2.05, 4.69) is 32.6 Å². The summed E-state index contributed by atoms with van der Waals surface area (Å²) >= 11 is 6.31. The molecule has 3 heteroatoms. The van der Waals surface area contributed by atoms with Gasteiger partial charge < -0.3 is 0 Å². The molecule has 0 aliphatic carbocycles. The summed E-state index contributed by atoms with van der Waals surface area (Å²) in [6.45, 7) is 9.17. The van der Waals surface area contributed by atoms with E-state index in [1.165, 1.54) is 0 Å². The highest BCUT2D eigenvalue weighted by atomic mass is 35.5. The zero-order valence-corrected chi connectivity index (χ0v) is 11.4. The van der Waals surface area contributed by atoms with Crippen molar-refractivity contribution in [1.82, 2.24) is 4.90 Å². The summed E-state index contributed by atoms with van der Waals surface area (Å²) < 4.78 is 0. The normalized spacial score (nSPS) is 16.8. The molecule has 0 radical (unpaired) electrons. The maximum Gasteiger partial charge on any atom is 0.0867 e. The van der Waals surface area contributed by atoms with Gasteiger partial charge in [0.1, 0.15) is 0 Å². The van der Waals surface area contributed by atoms with Gasteiger partial charge in [-0.25, -0.2) is 0 Å². The van der Waals surface area contributed by atoms with E-state index in [4.69, 9.17) is 11.6 Å². The van der Waals surface area contributed by atoms with Crippen molar-refractivity contribution < 1.29 is 0 Å². The first-order chi connectivity index (χ1) is 5.27. The topological polar surface area (TPSA) is 3.24 Å². The molecule has 0 N–H and O–H groups in total. The summed E-state index contributed by atoms with van der Waals surface area (Å²) in [4.78, 5) is 2.11. The third kappa shape index (κ3) is 3.92. The highest BCUT2D eigenvalue weighted by molar-refractivity contribution is 6.44. The lowest BCUT2D eigenvalue weighted by molar-refractivity contribution is 0.320. The van der Waals surface area contributed by atoms with Crippen molar-refractivity contribution in [3.8, 4) is 0 Å². The quantitative estimate of drug-likeness (QED) is 0.389. The average molecular weight is 208 g/mol. The van der Waals surface area contributed by atoms with Crippen molar-refractivity contribution in [2.45, 2.75) is 43.8 Å². The van der Waals surface area contributed by atoms with Crippen LogP contribution in [0.4, 0.5) is 0 Å². The van der Waals surface area contributed by atoms with Crippen molar-refractivity contribution in [3.63, 3.8) is 0 Å². The second kappa shape index (κ2) is 4.63. The lowest BCUT2D eigenvalue weighted by atomic mass is 10.2. The first-order valence-electron chi connectivity index (χ1n) is 4.58. The summed E-state index contributed by atoms with van der Waals surface area (Å²) in [6, 6.07) is 0. The second-order valence-electron chi connectivity index (χ2n) is 4.89. The van der Waals surface area contributed by atoms with Crippen LogP contribution in [0.25, 0.3) is 0 Å². The van der Waals surface area contributed by atoms with Gasteiger partial charge in [0.2, 0.25) is 0 Å². The average Bonchev–Trinajstić information content (AvgIpc) is 1.82. The lowest BCUT2D eigenvalue weighted by Gasteiger charge is -2.35. The highest BCUT2D eigenvalue weighted by Crippen LogP contribution is 2.35. The number of alkyl halides is 1. The molecule has 0 saturated heterocycles. The SMILES string of the molecule is CC(C)[SiH2]C(C)(C)C(Cl)N(C)C. The van der Waals surface area contributed by atoms with E-state index in [9.17, 15) is 0 Å². The van der Waals surface area contributed by atoms with Gasteiger partial charge in [-0.05, 0) is 19.1 Å². The highest BCUT2D eigenvalue weighted by Gasteiger charge is 2.30. The van der Waals surface area contributed by atoms with Crippen molar-refractivity contribution >= 4 is 21.1 Å². The molecule has 0 aliphatic rings. The van der Waals surface area contributed by atoms with Gasteiger partial charge in [0.15, 0.2) is 0 Å². The fourth-order valence-corrected chi connectivity index (χ4v) is 4.78. The molecule has 0 spiro atoms. The van der Waals surface area contributed by atoms with Crippen LogP contribution in [0.2, 0.25) is 10.6 Å². The van der Waals surface area contributed by atoms with E-state index in [1.54, 1.807) is 0 Å². The molecule has 0 bridgehead atoms. The molecule has 12 heavy (non-hydrogen) atoms. The zero-order valence-electron chi connectivity index (χ0n) is 9.19. The fraction of sp³-hybridized carbons (Fsp3) is 1.00. The van der Waals surface area contributed by atoms with Gasteiger partial charge in [0.05, 0.1) is 5.50 Å². The minimum Gasteiger partial charge on any atom is -0.293 e.